The highest BCUT2D eigenvalue weighted by atomic mass is 16.5. The van der Waals surface area contributed by atoms with Crippen molar-refractivity contribution in [2.75, 3.05) is 13.2 Å². The molecule has 0 bridgehead atoms. The Hall–Kier alpha value is -1.80. The highest BCUT2D eigenvalue weighted by Crippen LogP contribution is 2.42. The van der Waals surface area contributed by atoms with Gasteiger partial charge in [-0.15, -0.1) is 0 Å². The molecule has 2 aromatic rings. The van der Waals surface area contributed by atoms with Crippen molar-refractivity contribution in [1.82, 2.24) is 0 Å². The Morgan fingerprint density at radius 3 is 2.53 bits per heavy atom. The normalized spacial score (nSPS) is 22.2. The highest BCUT2D eigenvalue weighted by molar-refractivity contribution is 5.48. The summed E-state index contributed by atoms with van der Waals surface area (Å²) in [5.74, 6) is 0.981. The Morgan fingerprint density at radius 1 is 1.00 bits per heavy atom. The van der Waals surface area contributed by atoms with Crippen molar-refractivity contribution in [2.24, 2.45) is 5.73 Å². The van der Waals surface area contributed by atoms with Crippen LogP contribution in [0.25, 0.3) is 0 Å². The van der Waals surface area contributed by atoms with Crippen LogP contribution in [0.1, 0.15) is 24.0 Å². The summed E-state index contributed by atoms with van der Waals surface area (Å²) in [7, 11) is 0. The van der Waals surface area contributed by atoms with E-state index in [0.29, 0.717) is 6.54 Å². The summed E-state index contributed by atoms with van der Waals surface area (Å²) in [5, 5.41) is 0. The van der Waals surface area contributed by atoms with E-state index in [1.165, 1.54) is 11.1 Å². The van der Waals surface area contributed by atoms with Gasteiger partial charge < -0.3 is 10.5 Å². The lowest BCUT2D eigenvalue weighted by molar-refractivity contribution is 0.314. The van der Waals surface area contributed by atoms with E-state index in [-0.39, 0.29) is 5.41 Å². The zero-order valence-corrected chi connectivity index (χ0v) is 11.0. The molecule has 1 aliphatic rings. The van der Waals surface area contributed by atoms with E-state index < -0.39 is 0 Å². The molecule has 2 nitrogen and oxygen atoms in total. The van der Waals surface area contributed by atoms with Gasteiger partial charge >= 0.3 is 0 Å². The number of ether oxygens (including phenoxy) is 1. The second-order valence-corrected chi connectivity index (χ2v) is 5.10. The van der Waals surface area contributed by atoms with Gasteiger partial charge in [0.2, 0.25) is 0 Å². The molecule has 0 aromatic heterocycles. The monoisotopic (exact) mass is 253 g/mol. The number of para-hydroxylation sites is 1. The van der Waals surface area contributed by atoms with Crippen LogP contribution in [-0.4, -0.2) is 13.2 Å². The Balaban J connectivity index is 2.20. The summed E-state index contributed by atoms with van der Waals surface area (Å²) in [6, 6.07) is 18.9. The van der Waals surface area contributed by atoms with Gasteiger partial charge in [-0.2, -0.15) is 0 Å². The van der Waals surface area contributed by atoms with E-state index in [0.717, 1.165) is 25.2 Å². The molecule has 1 unspecified atom stereocenters. The van der Waals surface area contributed by atoms with Gasteiger partial charge in [-0.05, 0) is 24.5 Å². The lowest BCUT2D eigenvalue weighted by Crippen LogP contribution is -2.36. The molecule has 1 aliphatic heterocycles. The van der Waals surface area contributed by atoms with Gasteiger partial charge in [0, 0.05) is 17.5 Å². The molecule has 0 aliphatic carbocycles. The maximum atomic E-state index is 6.20. The van der Waals surface area contributed by atoms with Crippen LogP contribution in [0.2, 0.25) is 0 Å². The maximum Gasteiger partial charge on any atom is 0.123 e. The molecule has 2 aromatic carbocycles. The van der Waals surface area contributed by atoms with Gasteiger partial charge in [0.05, 0.1) is 6.61 Å². The van der Waals surface area contributed by atoms with Crippen molar-refractivity contribution in [2.45, 2.75) is 18.3 Å². The molecule has 98 valence electrons. The Bertz CT molecular complexity index is 552. The van der Waals surface area contributed by atoms with Crippen LogP contribution in [-0.2, 0) is 5.41 Å². The summed E-state index contributed by atoms with van der Waals surface area (Å²) >= 11 is 0. The third-order valence-corrected chi connectivity index (χ3v) is 4.08. The molecule has 0 radical (unpaired) electrons. The summed E-state index contributed by atoms with van der Waals surface area (Å²) in [4.78, 5) is 0. The quantitative estimate of drug-likeness (QED) is 0.892. The first-order valence-electron chi connectivity index (χ1n) is 6.85. The average molecular weight is 253 g/mol. The van der Waals surface area contributed by atoms with Crippen molar-refractivity contribution in [3.63, 3.8) is 0 Å². The summed E-state index contributed by atoms with van der Waals surface area (Å²) < 4.78 is 5.87. The van der Waals surface area contributed by atoms with Crippen molar-refractivity contribution < 1.29 is 4.74 Å². The molecule has 0 fully saturated rings. The predicted octanol–water partition coefficient (Wildman–Crippen LogP) is 3.10. The molecule has 2 heteroatoms. The fourth-order valence-electron chi connectivity index (χ4n) is 3.07. The summed E-state index contributed by atoms with van der Waals surface area (Å²) in [6.07, 6.45) is 2.06. The number of hydrogen-bond acceptors (Lipinski definition) is 2. The molecule has 0 amide bonds. The standard InChI is InChI=1S/C17H19NO/c18-13-17(14-7-2-1-3-8-14)11-6-12-19-16-10-5-4-9-15(16)17/h1-5,7-10H,6,11-13,18H2. The SMILES string of the molecule is NCC1(c2ccccc2)CCCOc2ccccc21. The summed E-state index contributed by atoms with van der Waals surface area (Å²) in [6.45, 7) is 1.38. The number of rotatable bonds is 2. The highest BCUT2D eigenvalue weighted by Gasteiger charge is 2.36. The Kier molecular flexibility index (Phi) is 3.26. The number of nitrogens with two attached hydrogens (primary N) is 1. The summed E-state index contributed by atoms with van der Waals surface area (Å²) in [5.41, 5.74) is 8.59. The smallest absolute Gasteiger partial charge is 0.123 e. The first-order valence-corrected chi connectivity index (χ1v) is 6.85. The Labute approximate surface area is 114 Å². The molecule has 2 N–H and O–H groups in total. The third kappa shape index (κ3) is 2.02. The van der Waals surface area contributed by atoms with E-state index in [9.17, 15) is 0 Å². The van der Waals surface area contributed by atoms with Gasteiger partial charge in [-0.3, -0.25) is 0 Å². The van der Waals surface area contributed by atoms with E-state index in [1.807, 2.05) is 18.2 Å². The van der Waals surface area contributed by atoms with Crippen molar-refractivity contribution in [1.29, 1.82) is 0 Å². The predicted molar refractivity (Wildman–Crippen MR) is 77.4 cm³/mol. The second-order valence-electron chi connectivity index (χ2n) is 5.10. The largest absolute Gasteiger partial charge is 0.493 e. The van der Waals surface area contributed by atoms with Gasteiger partial charge in [0.15, 0.2) is 0 Å². The lowest BCUT2D eigenvalue weighted by Gasteiger charge is -2.33. The minimum absolute atomic E-state index is 0.117. The van der Waals surface area contributed by atoms with Crippen LogP contribution >= 0.6 is 0 Å². The number of fused-ring (bicyclic) bond motifs is 1. The van der Waals surface area contributed by atoms with Gasteiger partial charge in [-0.25, -0.2) is 0 Å². The Morgan fingerprint density at radius 2 is 1.74 bits per heavy atom. The molecule has 19 heavy (non-hydrogen) atoms. The molecule has 0 saturated heterocycles. The van der Waals surface area contributed by atoms with Crippen LogP contribution < -0.4 is 10.5 Å². The van der Waals surface area contributed by atoms with Crippen LogP contribution in [0.5, 0.6) is 5.75 Å². The fourth-order valence-corrected chi connectivity index (χ4v) is 3.07. The van der Waals surface area contributed by atoms with Gasteiger partial charge in [-0.1, -0.05) is 48.5 Å². The molecular formula is C17H19NO. The van der Waals surface area contributed by atoms with Crippen LogP contribution in [0, 0.1) is 0 Å². The van der Waals surface area contributed by atoms with Crippen molar-refractivity contribution in [3.05, 3.63) is 65.7 Å². The molecule has 1 heterocycles. The van der Waals surface area contributed by atoms with Crippen molar-refractivity contribution in [3.8, 4) is 5.75 Å². The number of hydrogen-bond donors (Lipinski definition) is 1. The maximum absolute atomic E-state index is 6.20. The van der Waals surface area contributed by atoms with E-state index in [4.69, 9.17) is 10.5 Å². The van der Waals surface area contributed by atoms with Crippen LogP contribution in [0.3, 0.4) is 0 Å². The molecule has 3 rings (SSSR count). The first kappa shape index (κ1) is 12.2. The third-order valence-electron chi connectivity index (χ3n) is 4.08. The van der Waals surface area contributed by atoms with Crippen LogP contribution in [0.4, 0.5) is 0 Å². The fraction of sp³-hybridized carbons (Fsp3) is 0.294. The van der Waals surface area contributed by atoms with E-state index in [1.54, 1.807) is 0 Å². The van der Waals surface area contributed by atoms with E-state index >= 15 is 0 Å². The zero-order chi connectivity index (χ0) is 13.1. The minimum Gasteiger partial charge on any atom is -0.493 e. The number of benzene rings is 2. The minimum atomic E-state index is -0.117. The van der Waals surface area contributed by atoms with Gasteiger partial charge in [0.25, 0.3) is 0 Å². The molecule has 0 spiro atoms. The average Bonchev–Trinajstić information content (AvgIpc) is 2.68. The molecule has 1 atom stereocenters. The molecule has 0 saturated carbocycles. The van der Waals surface area contributed by atoms with Crippen molar-refractivity contribution >= 4 is 0 Å². The second kappa shape index (κ2) is 5.06. The topological polar surface area (TPSA) is 35.2 Å². The first-order chi connectivity index (χ1) is 9.37. The zero-order valence-electron chi connectivity index (χ0n) is 11.0. The van der Waals surface area contributed by atoms with Crippen LogP contribution in [0.15, 0.2) is 54.6 Å². The van der Waals surface area contributed by atoms with E-state index in [2.05, 4.69) is 36.4 Å². The van der Waals surface area contributed by atoms with Gasteiger partial charge in [0.1, 0.15) is 5.75 Å². The lowest BCUT2D eigenvalue weighted by atomic mass is 9.71. The molecular weight excluding hydrogens is 234 g/mol.